The second kappa shape index (κ2) is 13.6. The maximum absolute atomic E-state index is 6.54. The fourth-order valence-corrected chi connectivity index (χ4v) is 9.59. The molecule has 0 radical (unpaired) electrons. The van der Waals surface area contributed by atoms with Gasteiger partial charge in [-0.3, -0.25) is 0 Å². The molecular weight excluding hydrogens is 641 g/mol. The number of rotatable bonds is 6. The average Bonchev–Trinajstić information content (AvgIpc) is 3.23. The number of fused-ring (bicyclic) bond motifs is 4. The molecule has 5 aromatic carbocycles. The van der Waals surface area contributed by atoms with Gasteiger partial charge in [-0.1, -0.05) is 158 Å². The van der Waals surface area contributed by atoms with Crippen LogP contribution in [0.4, 0.5) is 0 Å². The van der Waals surface area contributed by atoms with Crippen LogP contribution in [0.5, 0.6) is 5.75 Å². The van der Waals surface area contributed by atoms with Crippen molar-refractivity contribution in [2.45, 2.75) is 37.5 Å². The van der Waals surface area contributed by atoms with Crippen LogP contribution in [0, 0.1) is 11.8 Å². The highest BCUT2D eigenvalue weighted by Gasteiger charge is 2.36. The van der Waals surface area contributed by atoms with Crippen LogP contribution in [-0.4, -0.2) is 0 Å². The van der Waals surface area contributed by atoms with Crippen molar-refractivity contribution < 1.29 is 4.74 Å². The number of ether oxygens (including phenoxy) is 1. The van der Waals surface area contributed by atoms with Crippen LogP contribution in [0.2, 0.25) is 0 Å². The summed E-state index contributed by atoms with van der Waals surface area (Å²) in [5, 5.41) is 5.46. The summed E-state index contributed by atoms with van der Waals surface area (Å²) in [6, 6.07) is 37.9. The van der Waals surface area contributed by atoms with Crippen molar-refractivity contribution in [1.82, 2.24) is 0 Å². The van der Waals surface area contributed by atoms with Gasteiger partial charge in [0, 0.05) is 23.7 Å². The van der Waals surface area contributed by atoms with E-state index in [0.29, 0.717) is 17.8 Å². The summed E-state index contributed by atoms with van der Waals surface area (Å²) >= 11 is 0. The summed E-state index contributed by atoms with van der Waals surface area (Å²) in [4.78, 5) is 0. The van der Waals surface area contributed by atoms with Crippen molar-refractivity contribution in [2.75, 3.05) is 0 Å². The van der Waals surface area contributed by atoms with Crippen molar-refractivity contribution in [1.29, 1.82) is 0 Å². The highest BCUT2D eigenvalue weighted by atomic mass is 16.5. The molecule has 0 saturated heterocycles. The Kier molecular flexibility index (Phi) is 8.14. The number of allylic oxidation sites excluding steroid dienone is 17. The molecule has 1 nitrogen and oxygen atoms in total. The van der Waals surface area contributed by atoms with E-state index >= 15 is 0 Å². The Morgan fingerprint density at radius 2 is 1.09 bits per heavy atom. The van der Waals surface area contributed by atoms with Crippen molar-refractivity contribution in [2.24, 2.45) is 11.8 Å². The molecule has 0 saturated carbocycles. The molecule has 0 aliphatic heterocycles. The number of benzene rings is 5. The third kappa shape index (κ3) is 5.63. The molecular formula is C52H42O. The molecule has 0 N–H and O–H groups in total. The minimum Gasteiger partial charge on any atom is -0.458 e. The van der Waals surface area contributed by atoms with Crippen LogP contribution in [0.3, 0.4) is 0 Å². The molecule has 0 fully saturated rings. The van der Waals surface area contributed by atoms with E-state index in [1.807, 2.05) is 0 Å². The van der Waals surface area contributed by atoms with Crippen molar-refractivity contribution >= 4 is 32.7 Å². The molecule has 5 aromatic rings. The predicted molar refractivity (Wildman–Crippen MR) is 223 cm³/mol. The molecule has 0 amide bonds. The number of hydrogen-bond donors (Lipinski definition) is 0. The lowest BCUT2D eigenvalue weighted by atomic mass is 9.65. The summed E-state index contributed by atoms with van der Waals surface area (Å²) in [5.41, 5.74) is 11.3. The van der Waals surface area contributed by atoms with Crippen LogP contribution < -0.4 is 4.74 Å². The fourth-order valence-electron chi connectivity index (χ4n) is 9.59. The first-order valence-corrected chi connectivity index (χ1v) is 19.3. The average molecular weight is 683 g/mol. The number of hydrogen-bond acceptors (Lipinski definition) is 1. The Balaban J connectivity index is 0.944. The minimum absolute atomic E-state index is 0.271. The van der Waals surface area contributed by atoms with E-state index in [1.54, 1.807) is 0 Å². The fraction of sp³-hybridized carbons (Fsp3) is 0.154. The Hall–Kier alpha value is -5.92. The maximum atomic E-state index is 6.54. The monoisotopic (exact) mass is 682 g/mol. The molecule has 5 aliphatic carbocycles. The maximum Gasteiger partial charge on any atom is 0.127 e. The first kappa shape index (κ1) is 31.8. The zero-order chi connectivity index (χ0) is 35.1. The quantitative estimate of drug-likeness (QED) is 0.162. The molecule has 0 aromatic heterocycles. The molecule has 5 aliphatic rings. The van der Waals surface area contributed by atoms with Crippen molar-refractivity contribution in [3.63, 3.8) is 0 Å². The third-order valence-corrected chi connectivity index (χ3v) is 11.9. The van der Waals surface area contributed by atoms with E-state index in [4.69, 9.17) is 4.74 Å². The standard InChI is InChI=1S/C52H42O/c1-3-15-35(16-4-1)49-41-19-7-11-23-45(41)51(46-24-12-8-20-42(46)49)37-27-31-39(32-28-37)53-40-33-29-38(30-34-40)52-47-25-13-9-21-43(47)50(36-17-5-2-6-18-36)44-22-10-14-26-48(44)52/h1-9,11-15,17-21,23-27,29-35,37,43,47H,10,16,22,28H2. The zero-order valence-electron chi connectivity index (χ0n) is 29.9. The summed E-state index contributed by atoms with van der Waals surface area (Å²) < 4.78 is 6.54. The smallest absolute Gasteiger partial charge is 0.127 e. The van der Waals surface area contributed by atoms with E-state index < -0.39 is 0 Å². The second-order valence-corrected chi connectivity index (χ2v) is 14.9. The lowest BCUT2D eigenvalue weighted by Crippen LogP contribution is -2.24. The largest absolute Gasteiger partial charge is 0.458 e. The van der Waals surface area contributed by atoms with Gasteiger partial charge in [0.1, 0.15) is 11.5 Å². The van der Waals surface area contributed by atoms with Gasteiger partial charge in [0.05, 0.1) is 0 Å². The van der Waals surface area contributed by atoms with Crippen molar-refractivity contribution in [3.8, 4) is 5.75 Å². The van der Waals surface area contributed by atoms with Gasteiger partial charge in [-0.2, -0.15) is 0 Å². The van der Waals surface area contributed by atoms with Crippen LogP contribution >= 0.6 is 0 Å². The van der Waals surface area contributed by atoms with Crippen LogP contribution in [-0.2, 0) is 0 Å². The molecule has 4 unspecified atom stereocenters. The third-order valence-electron chi connectivity index (χ3n) is 11.9. The van der Waals surface area contributed by atoms with Crippen LogP contribution in [0.1, 0.15) is 59.8 Å². The first-order valence-electron chi connectivity index (χ1n) is 19.3. The SMILES string of the molecule is C1=CCC(c2c3ccccc3c(C3C=CC(Oc4ccc(C5=C6C=CCCC6=C(c6ccccc6)C6C=CC=CC56)cc4)=CC3)c3ccccc23)C=C1. The Morgan fingerprint density at radius 1 is 0.491 bits per heavy atom. The molecule has 0 spiro atoms. The normalized spacial score (nSPS) is 23.1. The van der Waals surface area contributed by atoms with E-state index in [1.165, 1.54) is 66.1 Å². The molecule has 53 heavy (non-hydrogen) atoms. The summed E-state index contributed by atoms with van der Waals surface area (Å²) in [6.07, 6.45) is 33.9. The first-order chi connectivity index (χ1) is 26.3. The molecule has 1 heteroatoms. The predicted octanol–water partition coefficient (Wildman–Crippen LogP) is 13.5. The molecule has 10 rings (SSSR count). The zero-order valence-corrected chi connectivity index (χ0v) is 29.9. The Labute approximate surface area is 312 Å². The van der Waals surface area contributed by atoms with Gasteiger partial charge in [0.2, 0.25) is 0 Å². The van der Waals surface area contributed by atoms with Gasteiger partial charge in [-0.15, -0.1) is 0 Å². The van der Waals surface area contributed by atoms with Gasteiger partial charge < -0.3 is 4.74 Å². The van der Waals surface area contributed by atoms with Gasteiger partial charge in [0.25, 0.3) is 0 Å². The van der Waals surface area contributed by atoms with Gasteiger partial charge in [-0.05, 0) is 116 Å². The van der Waals surface area contributed by atoms with Gasteiger partial charge in [-0.25, -0.2) is 0 Å². The lowest BCUT2D eigenvalue weighted by Gasteiger charge is -2.38. The van der Waals surface area contributed by atoms with Crippen LogP contribution in [0.25, 0.3) is 32.7 Å². The van der Waals surface area contributed by atoms with Crippen LogP contribution in [0.15, 0.2) is 199 Å². The molecule has 4 atom stereocenters. The van der Waals surface area contributed by atoms with E-state index in [2.05, 4.69) is 182 Å². The van der Waals surface area contributed by atoms with E-state index in [9.17, 15) is 0 Å². The highest BCUT2D eigenvalue weighted by molar-refractivity contribution is 6.07. The van der Waals surface area contributed by atoms with E-state index in [-0.39, 0.29) is 5.92 Å². The van der Waals surface area contributed by atoms with Gasteiger partial charge in [0.15, 0.2) is 0 Å². The molecule has 0 heterocycles. The minimum atomic E-state index is 0.271. The van der Waals surface area contributed by atoms with Gasteiger partial charge >= 0.3 is 0 Å². The lowest BCUT2D eigenvalue weighted by molar-refractivity contribution is 0.437. The van der Waals surface area contributed by atoms with E-state index in [0.717, 1.165) is 37.2 Å². The Bertz CT molecular complexity index is 2470. The summed E-state index contributed by atoms with van der Waals surface area (Å²) in [6.45, 7) is 0. The molecule has 256 valence electrons. The summed E-state index contributed by atoms with van der Waals surface area (Å²) in [7, 11) is 0. The summed E-state index contributed by atoms with van der Waals surface area (Å²) in [5.74, 6) is 3.06. The topological polar surface area (TPSA) is 9.23 Å². The second-order valence-electron chi connectivity index (χ2n) is 14.9. The van der Waals surface area contributed by atoms with Crippen molar-refractivity contribution in [3.05, 3.63) is 221 Å². The molecule has 0 bridgehead atoms. The highest BCUT2D eigenvalue weighted by Crippen LogP contribution is 2.52. The Morgan fingerprint density at radius 3 is 1.72 bits per heavy atom.